The Balaban J connectivity index is 1.34. The van der Waals surface area contributed by atoms with Crippen LogP contribution < -0.4 is 14.8 Å². The highest BCUT2D eigenvalue weighted by molar-refractivity contribution is 5.73. The average molecular weight is 438 g/mol. The zero-order valence-electron chi connectivity index (χ0n) is 18.8. The molecule has 0 aliphatic rings. The van der Waals surface area contributed by atoms with Crippen LogP contribution in [-0.2, 0) is 11.4 Å². The summed E-state index contributed by atoms with van der Waals surface area (Å²) in [7, 11) is 0. The van der Waals surface area contributed by atoms with Crippen molar-refractivity contribution in [1.82, 2.24) is 5.32 Å². The van der Waals surface area contributed by atoms with Crippen molar-refractivity contribution in [1.29, 1.82) is 0 Å². The molecular formula is C29H27NO3. The van der Waals surface area contributed by atoms with Gasteiger partial charge >= 0.3 is 0 Å². The molecule has 0 aliphatic heterocycles. The van der Waals surface area contributed by atoms with Crippen LogP contribution in [0.15, 0.2) is 103 Å². The summed E-state index contributed by atoms with van der Waals surface area (Å²) in [5.41, 5.74) is 4.42. The van der Waals surface area contributed by atoms with Crippen molar-refractivity contribution in [2.75, 3.05) is 0 Å². The second-order valence-corrected chi connectivity index (χ2v) is 7.92. The molecule has 33 heavy (non-hydrogen) atoms. The Bertz CT molecular complexity index is 1170. The first-order chi connectivity index (χ1) is 16.1. The Labute approximate surface area is 194 Å². The van der Waals surface area contributed by atoms with Gasteiger partial charge in [0.2, 0.25) is 5.91 Å². The average Bonchev–Trinajstić information content (AvgIpc) is 2.84. The van der Waals surface area contributed by atoms with Gasteiger partial charge in [-0.1, -0.05) is 66.7 Å². The minimum Gasteiger partial charge on any atom is -0.489 e. The summed E-state index contributed by atoms with van der Waals surface area (Å²) >= 11 is 0. The van der Waals surface area contributed by atoms with Gasteiger partial charge in [-0.05, 0) is 65.6 Å². The number of hydrogen-bond donors (Lipinski definition) is 1. The van der Waals surface area contributed by atoms with Gasteiger partial charge in [-0.15, -0.1) is 0 Å². The molecule has 4 aromatic rings. The first-order valence-electron chi connectivity index (χ1n) is 11.0. The third-order valence-corrected chi connectivity index (χ3v) is 5.33. The maximum absolute atomic E-state index is 11.2. The maximum Gasteiger partial charge on any atom is 0.217 e. The van der Waals surface area contributed by atoms with Gasteiger partial charge < -0.3 is 14.8 Å². The molecule has 0 radical (unpaired) electrons. The molecule has 0 saturated carbocycles. The van der Waals surface area contributed by atoms with E-state index < -0.39 is 0 Å². The van der Waals surface area contributed by atoms with Crippen molar-refractivity contribution in [2.45, 2.75) is 26.5 Å². The van der Waals surface area contributed by atoms with Crippen molar-refractivity contribution in [3.63, 3.8) is 0 Å². The largest absolute Gasteiger partial charge is 0.489 e. The minimum absolute atomic E-state index is 0.0116. The molecule has 1 amide bonds. The van der Waals surface area contributed by atoms with Crippen LogP contribution in [0, 0.1) is 0 Å². The lowest BCUT2D eigenvalue weighted by atomic mass is 10.0. The van der Waals surface area contributed by atoms with Gasteiger partial charge in [0, 0.05) is 6.92 Å². The Morgan fingerprint density at radius 1 is 0.727 bits per heavy atom. The fraction of sp³-hybridized carbons (Fsp3) is 0.138. The summed E-state index contributed by atoms with van der Waals surface area (Å²) < 4.78 is 11.8. The topological polar surface area (TPSA) is 47.6 Å². The first kappa shape index (κ1) is 22.2. The molecule has 0 saturated heterocycles. The van der Waals surface area contributed by atoms with Crippen LogP contribution in [0.3, 0.4) is 0 Å². The lowest BCUT2D eigenvalue weighted by molar-refractivity contribution is -0.119. The molecule has 0 fully saturated rings. The predicted octanol–water partition coefficient (Wildman–Crippen LogP) is 6.92. The van der Waals surface area contributed by atoms with E-state index in [-0.39, 0.29) is 11.9 Å². The molecule has 4 aromatic carbocycles. The number of benzene rings is 4. The number of ether oxygens (including phenoxy) is 2. The molecule has 4 heteroatoms. The fourth-order valence-electron chi connectivity index (χ4n) is 3.55. The van der Waals surface area contributed by atoms with E-state index in [0.717, 1.165) is 39.5 Å². The zero-order valence-corrected chi connectivity index (χ0v) is 18.8. The van der Waals surface area contributed by atoms with Gasteiger partial charge in [0.25, 0.3) is 0 Å². The summed E-state index contributed by atoms with van der Waals surface area (Å²) in [6.45, 7) is 4.04. The second-order valence-electron chi connectivity index (χ2n) is 7.92. The van der Waals surface area contributed by atoms with Crippen LogP contribution in [0.5, 0.6) is 17.2 Å². The van der Waals surface area contributed by atoms with E-state index in [1.165, 1.54) is 6.92 Å². The predicted molar refractivity (Wildman–Crippen MR) is 131 cm³/mol. The van der Waals surface area contributed by atoms with Crippen molar-refractivity contribution in [3.05, 3.63) is 114 Å². The number of carbonyl (C=O) groups excluding carboxylic acids is 1. The standard InChI is InChI=1S/C29H27NO3/c1-21(30-22(2)31)24-8-10-25(11-9-24)26-12-14-28(15-13-26)33-29-18-16-27(17-19-29)32-20-23-6-4-3-5-7-23/h3-19,21H,20H2,1-2H3,(H,30,31). The highest BCUT2D eigenvalue weighted by Crippen LogP contribution is 2.28. The van der Waals surface area contributed by atoms with Gasteiger partial charge in [-0.3, -0.25) is 4.79 Å². The van der Waals surface area contributed by atoms with E-state index in [0.29, 0.717) is 6.61 Å². The second kappa shape index (κ2) is 10.5. The van der Waals surface area contributed by atoms with E-state index in [2.05, 4.69) is 17.4 Å². The Morgan fingerprint density at radius 2 is 1.24 bits per heavy atom. The van der Waals surface area contributed by atoms with Crippen LogP contribution in [0.25, 0.3) is 11.1 Å². The molecule has 0 heterocycles. The van der Waals surface area contributed by atoms with Gasteiger partial charge in [0.15, 0.2) is 0 Å². The Morgan fingerprint density at radius 3 is 1.82 bits per heavy atom. The molecule has 4 nitrogen and oxygen atoms in total. The molecular weight excluding hydrogens is 410 g/mol. The molecule has 0 bridgehead atoms. The van der Waals surface area contributed by atoms with Crippen LogP contribution >= 0.6 is 0 Å². The normalized spacial score (nSPS) is 11.5. The van der Waals surface area contributed by atoms with Crippen LogP contribution in [-0.4, -0.2) is 5.91 Å². The van der Waals surface area contributed by atoms with Crippen molar-refractivity contribution >= 4 is 5.91 Å². The fourth-order valence-corrected chi connectivity index (χ4v) is 3.55. The maximum atomic E-state index is 11.2. The van der Waals surface area contributed by atoms with E-state index in [1.54, 1.807) is 0 Å². The monoisotopic (exact) mass is 437 g/mol. The number of carbonyl (C=O) groups is 1. The van der Waals surface area contributed by atoms with Crippen molar-refractivity contribution < 1.29 is 14.3 Å². The first-order valence-corrected chi connectivity index (χ1v) is 11.0. The summed E-state index contributed by atoms with van der Waals surface area (Å²) in [4.78, 5) is 11.2. The molecule has 1 N–H and O–H groups in total. The highest BCUT2D eigenvalue weighted by Gasteiger charge is 2.07. The molecule has 1 unspecified atom stereocenters. The van der Waals surface area contributed by atoms with Crippen molar-refractivity contribution in [2.24, 2.45) is 0 Å². The minimum atomic E-state index is -0.0310. The highest BCUT2D eigenvalue weighted by atomic mass is 16.5. The summed E-state index contributed by atoms with van der Waals surface area (Å²) in [5.74, 6) is 2.30. The van der Waals surface area contributed by atoms with Crippen LogP contribution in [0.2, 0.25) is 0 Å². The smallest absolute Gasteiger partial charge is 0.217 e. The van der Waals surface area contributed by atoms with Gasteiger partial charge in [0.1, 0.15) is 23.9 Å². The van der Waals surface area contributed by atoms with Crippen LogP contribution in [0.1, 0.15) is 31.0 Å². The Kier molecular flexibility index (Phi) is 7.06. The van der Waals surface area contributed by atoms with E-state index in [1.807, 2.05) is 97.9 Å². The molecule has 166 valence electrons. The zero-order chi connectivity index (χ0) is 23.0. The number of hydrogen-bond acceptors (Lipinski definition) is 3. The summed E-state index contributed by atoms with van der Waals surface area (Å²) in [6, 6.07) is 33.9. The SMILES string of the molecule is CC(=O)NC(C)c1ccc(-c2ccc(Oc3ccc(OCc4ccccc4)cc3)cc2)cc1. The molecule has 0 aromatic heterocycles. The Hall–Kier alpha value is -4.05. The third-order valence-electron chi connectivity index (χ3n) is 5.33. The summed E-state index contributed by atoms with van der Waals surface area (Å²) in [6.07, 6.45) is 0. The number of amides is 1. The lowest BCUT2D eigenvalue weighted by Crippen LogP contribution is -2.23. The van der Waals surface area contributed by atoms with Gasteiger partial charge in [0.05, 0.1) is 6.04 Å². The van der Waals surface area contributed by atoms with E-state index in [4.69, 9.17) is 9.47 Å². The van der Waals surface area contributed by atoms with E-state index in [9.17, 15) is 4.79 Å². The van der Waals surface area contributed by atoms with E-state index >= 15 is 0 Å². The lowest BCUT2D eigenvalue weighted by Gasteiger charge is -2.13. The number of rotatable bonds is 8. The quantitative estimate of drug-likeness (QED) is 0.325. The molecule has 0 spiro atoms. The summed E-state index contributed by atoms with van der Waals surface area (Å²) in [5, 5.41) is 2.90. The van der Waals surface area contributed by atoms with Crippen molar-refractivity contribution in [3.8, 4) is 28.4 Å². The van der Waals surface area contributed by atoms with Gasteiger partial charge in [-0.2, -0.15) is 0 Å². The molecule has 1 atom stereocenters. The van der Waals surface area contributed by atoms with Gasteiger partial charge in [-0.25, -0.2) is 0 Å². The van der Waals surface area contributed by atoms with Crippen LogP contribution in [0.4, 0.5) is 0 Å². The number of nitrogens with one attached hydrogen (secondary N) is 1. The molecule has 4 rings (SSSR count). The third kappa shape index (κ3) is 6.23. The molecule has 0 aliphatic carbocycles.